The molecular formula is C27H50ClN3. The first-order valence-corrected chi connectivity index (χ1v) is 13.3. The highest BCUT2D eigenvalue weighted by atomic mass is 35.5. The van der Waals surface area contributed by atoms with Gasteiger partial charge < -0.3 is 15.5 Å². The summed E-state index contributed by atoms with van der Waals surface area (Å²) in [6.07, 6.45) is 18.4. The molecule has 2 rings (SSSR count). The van der Waals surface area contributed by atoms with Crippen LogP contribution in [0.3, 0.4) is 0 Å². The van der Waals surface area contributed by atoms with Crippen molar-refractivity contribution in [3.05, 3.63) is 23.8 Å². The molecule has 0 amide bonds. The fourth-order valence-corrected chi connectivity index (χ4v) is 4.34. The summed E-state index contributed by atoms with van der Waals surface area (Å²) in [6, 6.07) is 6.16. The molecule has 1 aromatic rings. The number of halogens is 1. The van der Waals surface area contributed by atoms with Crippen LogP contribution in [0.5, 0.6) is 0 Å². The van der Waals surface area contributed by atoms with Crippen molar-refractivity contribution in [1.82, 2.24) is 4.90 Å². The number of nitrogens with two attached hydrogens (primary N) is 1. The third-order valence-electron chi connectivity index (χ3n) is 6.21. The van der Waals surface area contributed by atoms with Gasteiger partial charge in [-0.1, -0.05) is 77.6 Å². The van der Waals surface area contributed by atoms with E-state index < -0.39 is 0 Å². The van der Waals surface area contributed by atoms with Gasteiger partial charge in [-0.05, 0) is 64.2 Å². The predicted molar refractivity (Wildman–Crippen MR) is 142 cm³/mol. The Kier molecular flexibility index (Phi) is 16.0. The Morgan fingerprint density at radius 2 is 1.48 bits per heavy atom. The molecule has 2 N–H and O–H groups in total. The number of hydrogen-bond acceptors (Lipinski definition) is 3. The van der Waals surface area contributed by atoms with Crippen LogP contribution < -0.4 is 10.6 Å². The van der Waals surface area contributed by atoms with Gasteiger partial charge in [0, 0.05) is 24.5 Å². The van der Waals surface area contributed by atoms with Gasteiger partial charge in [-0.15, -0.1) is 11.6 Å². The summed E-state index contributed by atoms with van der Waals surface area (Å²) in [7, 11) is 4.33. The van der Waals surface area contributed by atoms with Crippen molar-refractivity contribution < 1.29 is 0 Å². The lowest BCUT2D eigenvalue weighted by molar-refractivity contribution is 0.389. The zero-order valence-electron chi connectivity index (χ0n) is 21.0. The molecule has 1 heterocycles. The summed E-state index contributed by atoms with van der Waals surface area (Å²) in [4.78, 5) is 4.60. The Bertz CT molecular complexity index is 561. The Labute approximate surface area is 198 Å². The van der Waals surface area contributed by atoms with E-state index in [0.29, 0.717) is 5.38 Å². The second-order valence-electron chi connectivity index (χ2n) is 9.57. The van der Waals surface area contributed by atoms with E-state index in [1.54, 1.807) is 0 Å². The largest absolute Gasteiger partial charge is 0.399 e. The normalized spacial score (nSPS) is 15.9. The first-order valence-electron chi connectivity index (χ1n) is 12.8. The number of rotatable bonds is 14. The highest BCUT2D eigenvalue weighted by molar-refractivity contribution is 6.21. The van der Waals surface area contributed by atoms with E-state index in [0.717, 1.165) is 30.8 Å². The second kappa shape index (κ2) is 17.6. The molecule has 0 bridgehead atoms. The van der Waals surface area contributed by atoms with Gasteiger partial charge in [-0.25, -0.2) is 0 Å². The second-order valence-corrected chi connectivity index (χ2v) is 10.2. The minimum absolute atomic E-state index is 0.299. The van der Waals surface area contributed by atoms with Gasteiger partial charge in [-0.3, -0.25) is 0 Å². The Morgan fingerprint density at radius 3 is 1.94 bits per heavy atom. The Balaban J connectivity index is 0.000000314. The van der Waals surface area contributed by atoms with Crippen LogP contribution in [0.1, 0.15) is 96.0 Å². The van der Waals surface area contributed by atoms with Crippen LogP contribution in [0.25, 0.3) is 0 Å². The van der Waals surface area contributed by atoms with Crippen molar-refractivity contribution in [1.29, 1.82) is 0 Å². The molecule has 0 aromatic heterocycles. The summed E-state index contributed by atoms with van der Waals surface area (Å²) in [5.41, 5.74) is 9.00. The lowest BCUT2D eigenvalue weighted by Gasteiger charge is -2.18. The van der Waals surface area contributed by atoms with Gasteiger partial charge >= 0.3 is 0 Å². The summed E-state index contributed by atoms with van der Waals surface area (Å²) in [6.45, 7) is 7.59. The van der Waals surface area contributed by atoms with Crippen LogP contribution in [0.2, 0.25) is 0 Å². The predicted octanol–water partition coefficient (Wildman–Crippen LogP) is 7.64. The van der Waals surface area contributed by atoms with Crippen LogP contribution in [0.4, 0.5) is 11.4 Å². The Hall–Kier alpha value is -0.930. The molecule has 1 saturated heterocycles. The standard InChI is InChI=1S/C16H35N.C11H15ClN2/c1-4-5-6-7-8-9-10-11-12-13-14-15-16-17(2)3;1-8-6-10(2-3-11(8)13)14-5-4-9(12)7-14/h4-16H2,1-3H3;2-3,6,9H,4-5,7,13H2,1H3. The van der Waals surface area contributed by atoms with Crippen LogP contribution in [0.15, 0.2) is 18.2 Å². The maximum absolute atomic E-state index is 6.06. The van der Waals surface area contributed by atoms with Gasteiger partial charge in [0.1, 0.15) is 0 Å². The molecule has 1 unspecified atom stereocenters. The molecule has 3 nitrogen and oxygen atoms in total. The van der Waals surface area contributed by atoms with Gasteiger partial charge in [0.15, 0.2) is 0 Å². The number of anilines is 2. The van der Waals surface area contributed by atoms with Crippen molar-refractivity contribution in [3.63, 3.8) is 0 Å². The zero-order chi connectivity index (χ0) is 22.9. The SMILES string of the molecule is CCCCCCCCCCCCCCN(C)C.Cc1cc(N2CCC(Cl)C2)ccc1N. The van der Waals surface area contributed by atoms with E-state index in [4.69, 9.17) is 17.3 Å². The summed E-state index contributed by atoms with van der Waals surface area (Å²) in [5.74, 6) is 0. The molecule has 0 saturated carbocycles. The average molecular weight is 452 g/mol. The molecule has 1 atom stereocenters. The summed E-state index contributed by atoms with van der Waals surface area (Å²) in [5, 5.41) is 0.299. The highest BCUT2D eigenvalue weighted by Gasteiger charge is 2.20. The average Bonchev–Trinajstić information content (AvgIpc) is 3.17. The molecule has 0 aliphatic carbocycles. The molecule has 0 radical (unpaired) electrons. The first-order chi connectivity index (χ1) is 14.9. The minimum atomic E-state index is 0.299. The van der Waals surface area contributed by atoms with E-state index >= 15 is 0 Å². The molecule has 1 fully saturated rings. The molecule has 31 heavy (non-hydrogen) atoms. The zero-order valence-corrected chi connectivity index (χ0v) is 21.7. The number of nitrogen functional groups attached to an aromatic ring is 1. The minimum Gasteiger partial charge on any atom is -0.399 e. The third-order valence-corrected chi connectivity index (χ3v) is 6.56. The summed E-state index contributed by atoms with van der Waals surface area (Å²) >= 11 is 6.06. The maximum atomic E-state index is 6.06. The van der Waals surface area contributed by atoms with Gasteiger partial charge in [0.05, 0.1) is 5.38 Å². The Morgan fingerprint density at radius 1 is 0.935 bits per heavy atom. The van der Waals surface area contributed by atoms with Crippen LogP contribution in [-0.2, 0) is 0 Å². The van der Waals surface area contributed by atoms with Crippen molar-refractivity contribution in [2.75, 3.05) is 44.4 Å². The smallest absolute Gasteiger partial charge is 0.0528 e. The first kappa shape index (κ1) is 28.1. The number of hydrogen-bond donors (Lipinski definition) is 1. The van der Waals surface area contributed by atoms with Gasteiger partial charge in [0.25, 0.3) is 0 Å². The van der Waals surface area contributed by atoms with E-state index in [-0.39, 0.29) is 0 Å². The number of unbranched alkanes of at least 4 members (excludes halogenated alkanes) is 11. The number of nitrogens with zero attached hydrogens (tertiary/aromatic N) is 2. The molecule has 1 aliphatic rings. The van der Waals surface area contributed by atoms with E-state index in [9.17, 15) is 0 Å². The van der Waals surface area contributed by atoms with Crippen molar-refractivity contribution in [2.45, 2.75) is 103 Å². The highest BCUT2D eigenvalue weighted by Crippen LogP contribution is 2.25. The van der Waals surface area contributed by atoms with Crippen LogP contribution in [0, 0.1) is 6.92 Å². The number of aryl methyl sites for hydroxylation is 1. The topological polar surface area (TPSA) is 32.5 Å². The fourth-order valence-electron chi connectivity index (χ4n) is 4.08. The van der Waals surface area contributed by atoms with E-state index in [1.807, 2.05) is 13.0 Å². The number of alkyl halides is 1. The molecule has 1 aliphatic heterocycles. The lowest BCUT2D eigenvalue weighted by Crippen LogP contribution is -2.19. The molecule has 180 valence electrons. The van der Waals surface area contributed by atoms with Gasteiger partial charge in [0.2, 0.25) is 0 Å². The van der Waals surface area contributed by atoms with Crippen molar-refractivity contribution >= 4 is 23.0 Å². The third kappa shape index (κ3) is 14.0. The molecule has 1 aromatic carbocycles. The number of benzene rings is 1. The van der Waals surface area contributed by atoms with E-state index in [2.05, 4.69) is 43.0 Å². The van der Waals surface area contributed by atoms with Crippen molar-refractivity contribution in [3.8, 4) is 0 Å². The monoisotopic (exact) mass is 451 g/mol. The van der Waals surface area contributed by atoms with Crippen LogP contribution >= 0.6 is 11.6 Å². The summed E-state index contributed by atoms with van der Waals surface area (Å²) < 4.78 is 0. The quantitative estimate of drug-likeness (QED) is 0.179. The maximum Gasteiger partial charge on any atom is 0.0528 e. The van der Waals surface area contributed by atoms with Gasteiger partial charge in [-0.2, -0.15) is 0 Å². The lowest BCUT2D eigenvalue weighted by atomic mass is 10.1. The fraction of sp³-hybridized carbons (Fsp3) is 0.778. The molecule has 0 spiro atoms. The van der Waals surface area contributed by atoms with Crippen molar-refractivity contribution in [2.24, 2.45) is 0 Å². The molecular weight excluding hydrogens is 402 g/mol. The van der Waals surface area contributed by atoms with E-state index in [1.165, 1.54) is 89.3 Å². The molecule has 4 heteroatoms. The van der Waals surface area contributed by atoms with Crippen LogP contribution in [-0.4, -0.2) is 44.0 Å².